The van der Waals surface area contributed by atoms with E-state index in [1.807, 2.05) is 44.2 Å². The maximum atomic E-state index is 12.2. The number of carboxylic acids is 2. The van der Waals surface area contributed by atoms with Crippen LogP contribution in [0.5, 0.6) is 0 Å². The van der Waals surface area contributed by atoms with E-state index in [-0.39, 0.29) is 25.0 Å². The van der Waals surface area contributed by atoms with Crippen LogP contribution in [0.1, 0.15) is 67.7 Å². The lowest BCUT2D eigenvalue weighted by molar-refractivity contribution is -0.160. The van der Waals surface area contributed by atoms with E-state index < -0.39 is 41.1 Å². The van der Waals surface area contributed by atoms with E-state index in [0.29, 0.717) is 24.3 Å². The molecule has 1 fully saturated rings. The minimum Gasteiger partial charge on any atom is -0.481 e. The van der Waals surface area contributed by atoms with Gasteiger partial charge in [0.25, 0.3) is 0 Å². The molecular formula is C29H45NO8. The van der Waals surface area contributed by atoms with Gasteiger partial charge in [0, 0.05) is 23.9 Å². The fourth-order valence-corrected chi connectivity index (χ4v) is 5.00. The molecule has 38 heavy (non-hydrogen) atoms. The Morgan fingerprint density at radius 2 is 1.71 bits per heavy atom. The van der Waals surface area contributed by atoms with Crippen LogP contribution in [0.4, 0.5) is 5.69 Å². The number of hydrogen-bond acceptors (Lipinski definition) is 7. The highest BCUT2D eigenvalue weighted by atomic mass is 16.6. The maximum Gasteiger partial charge on any atom is 0.333 e. The highest BCUT2D eigenvalue weighted by Gasteiger charge is 2.52. The first kappa shape index (κ1) is 33.1. The molecule has 1 saturated heterocycles. The normalized spacial score (nSPS) is 21.6. The van der Waals surface area contributed by atoms with Crippen molar-refractivity contribution >= 4 is 23.6 Å². The summed E-state index contributed by atoms with van der Waals surface area (Å²) in [4.78, 5) is 34.9. The van der Waals surface area contributed by atoms with Crippen molar-refractivity contribution in [1.82, 2.24) is 0 Å². The standard InChI is InChI=1S/C23H35NO4.C6H10O4/c1-15(2)18(12-13-25)19-14-20(26)21(28-22(27)16(3)4)23(5,6)24(19)17-10-8-7-9-11-17;1-6(2,5(9)10)3-4(7)8/h7-11,15,18-21,25-26H,3,12-14H2,1-2,4-6H3;3H2,1-2H3,(H,7,8)(H,9,10). The first-order valence-corrected chi connectivity index (χ1v) is 12.9. The lowest BCUT2D eigenvalue weighted by Gasteiger charge is -2.56. The quantitative estimate of drug-likeness (QED) is 0.257. The maximum absolute atomic E-state index is 12.2. The zero-order chi connectivity index (χ0) is 29.4. The Hall–Kier alpha value is -2.91. The van der Waals surface area contributed by atoms with Gasteiger partial charge < -0.3 is 30.1 Å². The van der Waals surface area contributed by atoms with E-state index in [4.69, 9.17) is 14.9 Å². The number of carbonyl (C=O) groups is 3. The van der Waals surface area contributed by atoms with Crippen molar-refractivity contribution in [3.05, 3.63) is 42.5 Å². The lowest BCUT2D eigenvalue weighted by Crippen LogP contribution is -2.68. The van der Waals surface area contributed by atoms with E-state index in [1.165, 1.54) is 13.8 Å². The molecule has 9 nitrogen and oxygen atoms in total. The molecule has 0 aliphatic carbocycles. The van der Waals surface area contributed by atoms with Crippen molar-refractivity contribution in [2.45, 2.75) is 91.5 Å². The Kier molecular flexibility index (Phi) is 12.0. The highest BCUT2D eigenvalue weighted by Crippen LogP contribution is 2.43. The molecule has 0 bridgehead atoms. The molecule has 0 aromatic heterocycles. The summed E-state index contributed by atoms with van der Waals surface area (Å²) in [6.07, 6.45) is -0.694. The van der Waals surface area contributed by atoms with E-state index in [2.05, 4.69) is 25.3 Å². The molecule has 9 heteroatoms. The number of rotatable bonds is 10. The van der Waals surface area contributed by atoms with E-state index in [1.54, 1.807) is 6.92 Å². The number of carbonyl (C=O) groups excluding carboxylic acids is 1. The summed E-state index contributed by atoms with van der Waals surface area (Å²) in [7, 11) is 0. The number of ether oxygens (including phenoxy) is 1. The van der Waals surface area contributed by atoms with Crippen LogP contribution in [0.25, 0.3) is 0 Å². The minimum atomic E-state index is -1.16. The van der Waals surface area contributed by atoms with Gasteiger partial charge in [0.1, 0.15) is 0 Å². The van der Waals surface area contributed by atoms with Crippen LogP contribution in [0.3, 0.4) is 0 Å². The van der Waals surface area contributed by atoms with Gasteiger partial charge in [-0.1, -0.05) is 38.6 Å². The van der Waals surface area contributed by atoms with Crippen LogP contribution in [0.2, 0.25) is 0 Å². The van der Waals surface area contributed by atoms with Gasteiger partial charge in [-0.3, -0.25) is 9.59 Å². The van der Waals surface area contributed by atoms with Crippen molar-refractivity contribution in [2.24, 2.45) is 17.3 Å². The second kappa shape index (κ2) is 13.8. The summed E-state index contributed by atoms with van der Waals surface area (Å²) in [5.74, 6) is -2.14. The predicted octanol–water partition coefficient (Wildman–Crippen LogP) is 4.12. The Labute approximate surface area is 226 Å². The van der Waals surface area contributed by atoms with Gasteiger partial charge in [-0.05, 0) is 71.4 Å². The second-order valence-corrected chi connectivity index (χ2v) is 11.5. The van der Waals surface area contributed by atoms with Crippen LogP contribution in [0, 0.1) is 17.3 Å². The van der Waals surface area contributed by atoms with Crippen molar-refractivity contribution in [3.8, 4) is 0 Å². The van der Waals surface area contributed by atoms with E-state index in [9.17, 15) is 24.6 Å². The Morgan fingerprint density at radius 1 is 1.16 bits per heavy atom. The van der Waals surface area contributed by atoms with Crippen LogP contribution in [0.15, 0.2) is 42.5 Å². The number of carboxylic acid groups (broad SMARTS) is 2. The summed E-state index contributed by atoms with van der Waals surface area (Å²) in [5, 5.41) is 37.3. The fourth-order valence-electron chi connectivity index (χ4n) is 5.00. The van der Waals surface area contributed by atoms with Crippen molar-refractivity contribution in [1.29, 1.82) is 0 Å². The predicted molar refractivity (Wildman–Crippen MR) is 146 cm³/mol. The molecule has 0 amide bonds. The first-order valence-electron chi connectivity index (χ1n) is 12.9. The topological polar surface area (TPSA) is 145 Å². The van der Waals surface area contributed by atoms with Crippen molar-refractivity contribution < 1.29 is 39.5 Å². The van der Waals surface area contributed by atoms with Crippen LogP contribution >= 0.6 is 0 Å². The van der Waals surface area contributed by atoms with E-state index in [0.717, 1.165) is 5.69 Å². The summed E-state index contributed by atoms with van der Waals surface area (Å²) in [6, 6.07) is 10.0. The summed E-state index contributed by atoms with van der Waals surface area (Å²) in [6.45, 7) is 16.4. The monoisotopic (exact) mass is 535 g/mol. The number of aliphatic hydroxyl groups excluding tert-OH is 2. The van der Waals surface area contributed by atoms with Gasteiger partial charge in [0.2, 0.25) is 0 Å². The smallest absolute Gasteiger partial charge is 0.333 e. The Morgan fingerprint density at radius 3 is 2.11 bits per heavy atom. The number of anilines is 1. The average molecular weight is 536 g/mol. The lowest BCUT2D eigenvalue weighted by atomic mass is 9.73. The largest absolute Gasteiger partial charge is 0.481 e. The molecule has 4 atom stereocenters. The molecule has 1 aromatic rings. The van der Waals surface area contributed by atoms with Crippen LogP contribution in [-0.4, -0.2) is 68.7 Å². The number of esters is 1. The van der Waals surface area contributed by atoms with Crippen molar-refractivity contribution in [2.75, 3.05) is 11.5 Å². The molecule has 214 valence electrons. The third-order valence-corrected chi connectivity index (χ3v) is 7.08. The Bertz CT molecular complexity index is 957. The average Bonchev–Trinajstić information content (AvgIpc) is 2.79. The molecule has 2 rings (SSSR count). The van der Waals surface area contributed by atoms with Gasteiger partial charge in [-0.15, -0.1) is 0 Å². The molecule has 0 saturated carbocycles. The number of para-hydroxylation sites is 1. The molecule has 1 aromatic carbocycles. The minimum absolute atomic E-state index is 0.0133. The third kappa shape index (κ3) is 8.56. The summed E-state index contributed by atoms with van der Waals surface area (Å²) >= 11 is 0. The number of benzene rings is 1. The molecule has 1 aliphatic rings. The third-order valence-electron chi connectivity index (χ3n) is 7.08. The van der Waals surface area contributed by atoms with Gasteiger partial charge in [-0.25, -0.2) is 4.79 Å². The molecule has 1 heterocycles. The molecule has 1 aliphatic heterocycles. The molecule has 4 N–H and O–H groups in total. The van der Waals surface area contributed by atoms with Gasteiger partial charge in [0.15, 0.2) is 6.10 Å². The first-order chi connectivity index (χ1) is 17.5. The van der Waals surface area contributed by atoms with E-state index >= 15 is 0 Å². The molecule has 4 unspecified atom stereocenters. The van der Waals surface area contributed by atoms with Gasteiger partial charge >= 0.3 is 17.9 Å². The Balaban J connectivity index is 0.000000612. The zero-order valence-corrected chi connectivity index (χ0v) is 23.7. The number of nitrogens with zero attached hydrogens (tertiary/aromatic N) is 1. The van der Waals surface area contributed by atoms with Gasteiger partial charge in [0.05, 0.1) is 23.5 Å². The number of hydrogen-bond donors (Lipinski definition) is 4. The molecule has 0 spiro atoms. The zero-order valence-electron chi connectivity index (χ0n) is 23.7. The van der Waals surface area contributed by atoms with Gasteiger partial charge in [-0.2, -0.15) is 0 Å². The fraction of sp³-hybridized carbons (Fsp3) is 0.621. The SMILES string of the molecule is C=C(C)C(=O)OC1C(O)CC(C(CCO)C(C)C)N(c2ccccc2)C1(C)C.CC(C)(CC(=O)O)C(=O)O. The second-order valence-electron chi connectivity index (χ2n) is 11.5. The molecule has 0 radical (unpaired) electrons. The number of aliphatic hydroxyl groups is 2. The highest BCUT2D eigenvalue weighted by molar-refractivity contribution is 5.87. The summed E-state index contributed by atoms with van der Waals surface area (Å²) < 4.78 is 5.70. The van der Waals surface area contributed by atoms with Crippen LogP contribution < -0.4 is 4.90 Å². The number of aliphatic carboxylic acids is 2. The molecular weight excluding hydrogens is 490 g/mol. The summed E-state index contributed by atoms with van der Waals surface area (Å²) in [5.41, 5.74) is -0.468. The van der Waals surface area contributed by atoms with Crippen LogP contribution in [-0.2, 0) is 19.1 Å². The van der Waals surface area contributed by atoms with Crippen molar-refractivity contribution in [3.63, 3.8) is 0 Å². The number of piperidine rings is 1.